The molecular formula is C13H14N4O2. The van der Waals surface area contributed by atoms with Crippen LogP contribution in [0.15, 0.2) is 36.8 Å². The Morgan fingerprint density at radius 3 is 3.00 bits per heavy atom. The Morgan fingerprint density at radius 2 is 2.32 bits per heavy atom. The number of nitrogens with two attached hydrogens (primary N) is 1. The van der Waals surface area contributed by atoms with Gasteiger partial charge in [0.15, 0.2) is 0 Å². The van der Waals surface area contributed by atoms with Crippen LogP contribution in [-0.2, 0) is 11.3 Å². The molecule has 6 nitrogen and oxygen atoms in total. The second-order valence-electron chi connectivity index (χ2n) is 3.86. The largest absolute Gasteiger partial charge is 0.465 e. The highest BCUT2D eigenvalue weighted by Crippen LogP contribution is 2.16. The first kappa shape index (κ1) is 12.8. The van der Waals surface area contributed by atoms with E-state index in [1.54, 1.807) is 18.5 Å². The molecule has 0 aliphatic rings. The fourth-order valence-corrected chi connectivity index (χ4v) is 1.54. The molecule has 0 aliphatic heterocycles. The number of pyridine rings is 2. The molecule has 2 aromatic heterocycles. The number of methoxy groups -OCH3 is 1. The lowest BCUT2D eigenvalue weighted by molar-refractivity contribution is 0.0602. The van der Waals surface area contributed by atoms with Gasteiger partial charge in [-0.25, -0.2) is 9.78 Å². The Bertz CT molecular complexity index is 572. The number of carbonyl (C=O) groups is 1. The van der Waals surface area contributed by atoms with Crippen LogP contribution in [0, 0.1) is 0 Å². The van der Waals surface area contributed by atoms with Crippen LogP contribution in [0.2, 0.25) is 0 Å². The Balaban J connectivity index is 2.11. The maximum Gasteiger partial charge on any atom is 0.340 e. The molecule has 2 rings (SSSR count). The lowest BCUT2D eigenvalue weighted by atomic mass is 10.2. The second kappa shape index (κ2) is 5.81. The van der Waals surface area contributed by atoms with E-state index in [0.717, 1.165) is 5.56 Å². The number of aromatic nitrogens is 2. The third-order valence-electron chi connectivity index (χ3n) is 2.54. The number of carbonyl (C=O) groups excluding carboxylic acids is 1. The second-order valence-corrected chi connectivity index (χ2v) is 3.86. The van der Waals surface area contributed by atoms with Gasteiger partial charge in [0.1, 0.15) is 5.82 Å². The Labute approximate surface area is 110 Å². The average Bonchev–Trinajstić information content (AvgIpc) is 2.46. The van der Waals surface area contributed by atoms with Crippen LogP contribution in [0.25, 0.3) is 0 Å². The van der Waals surface area contributed by atoms with E-state index in [0.29, 0.717) is 23.6 Å². The molecule has 3 N–H and O–H groups in total. The van der Waals surface area contributed by atoms with Crippen molar-refractivity contribution in [1.82, 2.24) is 9.97 Å². The minimum atomic E-state index is -0.482. The Morgan fingerprint density at radius 1 is 1.47 bits per heavy atom. The van der Waals surface area contributed by atoms with Crippen LogP contribution < -0.4 is 11.1 Å². The van der Waals surface area contributed by atoms with E-state index in [1.807, 2.05) is 12.1 Å². The summed E-state index contributed by atoms with van der Waals surface area (Å²) in [6.45, 7) is 0.561. The van der Waals surface area contributed by atoms with Gasteiger partial charge in [0.2, 0.25) is 0 Å². The molecular weight excluding hydrogens is 244 g/mol. The maximum absolute atomic E-state index is 11.5. The van der Waals surface area contributed by atoms with Gasteiger partial charge in [-0.3, -0.25) is 4.98 Å². The maximum atomic E-state index is 11.5. The smallest absolute Gasteiger partial charge is 0.340 e. The molecule has 0 aromatic carbocycles. The van der Waals surface area contributed by atoms with Gasteiger partial charge in [0.05, 0.1) is 24.6 Å². The van der Waals surface area contributed by atoms with Crippen molar-refractivity contribution in [2.75, 3.05) is 18.2 Å². The summed E-state index contributed by atoms with van der Waals surface area (Å²) in [4.78, 5) is 19.6. The van der Waals surface area contributed by atoms with Crippen LogP contribution in [0.1, 0.15) is 15.9 Å². The van der Waals surface area contributed by atoms with Crippen LogP contribution >= 0.6 is 0 Å². The number of ether oxygens (including phenoxy) is 1. The van der Waals surface area contributed by atoms with E-state index in [1.165, 1.54) is 13.3 Å². The zero-order chi connectivity index (χ0) is 13.7. The van der Waals surface area contributed by atoms with E-state index in [4.69, 9.17) is 5.73 Å². The van der Waals surface area contributed by atoms with E-state index in [9.17, 15) is 4.79 Å². The quantitative estimate of drug-likeness (QED) is 0.807. The highest BCUT2D eigenvalue weighted by Gasteiger charge is 2.11. The molecule has 2 aromatic rings. The number of anilines is 2. The molecule has 19 heavy (non-hydrogen) atoms. The van der Waals surface area contributed by atoms with Gasteiger partial charge in [0, 0.05) is 18.9 Å². The number of hydrogen-bond donors (Lipinski definition) is 2. The lowest BCUT2D eigenvalue weighted by Crippen LogP contribution is -2.09. The predicted octanol–water partition coefficient (Wildman–Crippen LogP) is 1.46. The van der Waals surface area contributed by atoms with Crippen molar-refractivity contribution in [1.29, 1.82) is 0 Å². The zero-order valence-electron chi connectivity index (χ0n) is 10.5. The number of hydrogen-bond acceptors (Lipinski definition) is 6. The van der Waals surface area contributed by atoms with Crippen molar-refractivity contribution in [2.24, 2.45) is 0 Å². The highest BCUT2D eigenvalue weighted by atomic mass is 16.5. The van der Waals surface area contributed by atoms with E-state index < -0.39 is 5.97 Å². The Kier molecular flexibility index (Phi) is 3.92. The van der Waals surface area contributed by atoms with Crippen molar-refractivity contribution >= 4 is 17.5 Å². The van der Waals surface area contributed by atoms with Crippen LogP contribution in [0.4, 0.5) is 11.5 Å². The third kappa shape index (κ3) is 3.19. The zero-order valence-corrected chi connectivity index (χ0v) is 10.5. The fraction of sp³-hybridized carbons (Fsp3) is 0.154. The molecule has 98 valence electrons. The van der Waals surface area contributed by atoms with E-state index in [2.05, 4.69) is 20.0 Å². The molecule has 0 atom stereocenters. The highest BCUT2D eigenvalue weighted by molar-refractivity contribution is 5.95. The SMILES string of the molecule is COC(=O)c1cc(NCc2cccnc2)ncc1N. The van der Waals surface area contributed by atoms with Crippen molar-refractivity contribution in [3.05, 3.63) is 47.9 Å². The molecule has 0 fully saturated rings. The Hall–Kier alpha value is -2.63. The summed E-state index contributed by atoms with van der Waals surface area (Å²) in [6, 6.07) is 5.36. The fourth-order valence-electron chi connectivity index (χ4n) is 1.54. The molecule has 0 saturated carbocycles. The summed E-state index contributed by atoms with van der Waals surface area (Å²) in [6.07, 6.45) is 4.89. The monoisotopic (exact) mass is 258 g/mol. The summed E-state index contributed by atoms with van der Waals surface area (Å²) in [5, 5.41) is 3.09. The minimum Gasteiger partial charge on any atom is -0.465 e. The summed E-state index contributed by atoms with van der Waals surface area (Å²) in [5.74, 6) is 0.0720. The first-order valence-corrected chi connectivity index (χ1v) is 5.67. The number of nitrogens with one attached hydrogen (secondary N) is 1. The summed E-state index contributed by atoms with van der Waals surface area (Å²) < 4.78 is 4.65. The van der Waals surface area contributed by atoms with Crippen LogP contribution in [0.5, 0.6) is 0 Å². The normalized spacial score (nSPS) is 9.95. The van der Waals surface area contributed by atoms with Crippen molar-refractivity contribution in [3.8, 4) is 0 Å². The van der Waals surface area contributed by atoms with Gasteiger partial charge in [-0.2, -0.15) is 0 Å². The van der Waals surface area contributed by atoms with Crippen molar-refractivity contribution in [3.63, 3.8) is 0 Å². The van der Waals surface area contributed by atoms with Gasteiger partial charge in [-0.15, -0.1) is 0 Å². The summed E-state index contributed by atoms with van der Waals surface area (Å²) >= 11 is 0. The number of esters is 1. The van der Waals surface area contributed by atoms with Gasteiger partial charge in [-0.1, -0.05) is 6.07 Å². The summed E-state index contributed by atoms with van der Waals surface area (Å²) in [7, 11) is 1.31. The standard InChI is InChI=1S/C13H14N4O2/c1-19-13(18)10-5-12(17-8-11(10)14)16-7-9-3-2-4-15-6-9/h2-6,8H,7,14H2,1H3,(H,16,17). The van der Waals surface area contributed by atoms with Gasteiger partial charge in [0.25, 0.3) is 0 Å². The number of rotatable bonds is 4. The lowest BCUT2D eigenvalue weighted by Gasteiger charge is -2.08. The van der Waals surface area contributed by atoms with Gasteiger partial charge < -0.3 is 15.8 Å². The summed E-state index contributed by atoms with van der Waals surface area (Å²) in [5.41, 5.74) is 7.27. The number of nitrogens with zero attached hydrogens (tertiary/aromatic N) is 2. The molecule has 0 spiro atoms. The minimum absolute atomic E-state index is 0.291. The molecule has 2 heterocycles. The molecule has 0 saturated heterocycles. The van der Waals surface area contributed by atoms with Gasteiger partial charge >= 0.3 is 5.97 Å². The third-order valence-corrected chi connectivity index (χ3v) is 2.54. The van der Waals surface area contributed by atoms with Gasteiger partial charge in [-0.05, 0) is 17.7 Å². The van der Waals surface area contributed by atoms with E-state index >= 15 is 0 Å². The number of nitrogen functional groups attached to an aromatic ring is 1. The van der Waals surface area contributed by atoms with Crippen molar-refractivity contribution in [2.45, 2.75) is 6.54 Å². The first-order valence-electron chi connectivity index (χ1n) is 5.67. The van der Waals surface area contributed by atoms with Crippen molar-refractivity contribution < 1.29 is 9.53 Å². The molecule has 6 heteroatoms. The van der Waals surface area contributed by atoms with E-state index in [-0.39, 0.29) is 0 Å². The first-order chi connectivity index (χ1) is 9.20. The topological polar surface area (TPSA) is 90.1 Å². The van der Waals surface area contributed by atoms with Crippen LogP contribution in [-0.4, -0.2) is 23.0 Å². The molecule has 0 unspecified atom stereocenters. The molecule has 0 aliphatic carbocycles. The predicted molar refractivity (Wildman–Crippen MR) is 71.6 cm³/mol. The molecule has 0 amide bonds. The molecule has 0 bridgehead atoms. The molecule has 0 radical (unpaired) electrons. The van der Waals surface area contributed by atoms with Crippen LogP contribution in [0.3, 0.4) is 0 Å². The average molecular weight is 258 g/mol.